The maximum absolute atomic E-state index is 12.8. The zero-order chi connectivity index (χ0) is 23.5. The molecule has 1 aliphatic rings. The number of aromatic carboxylic acids is 1. The van der Waals surface area contributed by atoms with Gasteiger partial charge in [0.1, 0.15) is 28.2 Å². The number of nitrogens with two attached hydrogens (primary N) is 1. The van der Waals surface area contributed by atoms with E-state index >= 15 is 0 Å². The summed E-state index contributed by atoms with van der Waals surface area (Å²) in [5, 5.41) is 21.5. The lowest BCUT2D eigenvalue weighted by molar-refractivity contribution is -0.112. The van der Waals surface area contributed by atoms with Gasteiger partial charge in [0.15, 0.2) is 0 Å². The Balaban J connectivity index is 1.56. The molecular formula is C24H19N3O5S. The minimum Gasteiger partial charge on any atom is -0.478 e. The lowest BCUT2D eigenvalue weighted by Crippen LogP contribution is -2.19. The Kier molecular flexibility index (Phi) is 6.11. The second-order valence-corrected chi connectivity index (χ2v) is 8.59. The quantitative estimate of drug-likeness (QED) is 0.370. The molecule has 0 saturated heterocycles. The highest BCUT2D eigenvalue weighted by atomic mass is 32.1. The van der Waals surface area contributed by atoms with E-state index < -0.39 is 17.8 Å². The van der Waals surface area contributed by atoms with Crippen LogP contribution in [0.1, 0.15) is 49.8 Å². The summed E-state index contributed by atoms with van der Waals surface area (Å²) in [5.74, 6) is -1.56. The summed E-state index contributed by atoms with van der Waals surface area (Å²) in [5.41, 5.74) is 7.39. The maximum atomic E-state index is 12.8. The predicted molar refractivity (Wildman–Crippen MR) is 123 cm³/mol. The molecule has 4 N–H and O–H groups in total. The third-order valence-corrected chi connectivity index (χ3v) is 6.55. The Morgan fingerprint density at radius 3 is 2.52 bits per heavy atom. The molecule has 0 saturated carbocycles. The number of amides is 2. The van der Waals surface area contributed by atoms with E-state index in [9.17, 15) is 19.6 Å². The highest BCUT2D eigenvalue weighted by Gasteiger charge is 2.25. The molecule has 4 rings (SSSR count). The number of fused-ring (bicyclic) bond motifs is 1. The van der Waals surface area contributed by atoms with Gasteiger partial charge in [-0.2, -0.15) is 5.26 Å². The van der Waals surface area contributed by atoms with Gasteiger partial charge in [0.2, 0.25) is 0 Å². The molecule has 0 aliphatic heterocycles. The summed E-state index contributed by atoms with van der Waals surface area (Å²) in [6.45, 7) is 0. The molecule has 0 spiro atoms. The molecule has 2 amide bonds. The number of anilines is 1. The Hall–Kier alpha value is -4.16. The van der Waals surface area contributed by atoms with Crippen LogP contribution in [-0.4, -0.2) is 22.9 Å². The molecule has 166 valence electrons. The van der Waals surface area contributed by atoms with Crippen molar-refractivity contribution in [1.29, 1.82) is 5.26 Å². The number of furan rings is 1. The lowest BCUT2D eigenvalue weighted by atomic mass is 9.95. The smallest absolute Gasteiger partial charge is 0.335 e. The molecule has 0 radical (unpaired) electrons. The van der Waals surface area contributed by atoms with Crippen molar-refractivity contribution in [2.24, 2.45) is 5.73 Å². The number of carbonyl (C=O) groups is 3. The standard InChI is InChI=1S/C24H19N3O5S/c25-12-15(11-16-9-10-18(32-16)13-5-7-14(8-6-13)24(30)31)22(29)27-23-20(21(26)28)17-3-1-2-4-19(17)33-23/h5-11H,1-4H2,(H2,26,28)(H,27,29)(H,30,31)/b15-11+. The van der Waals surface area contributed by atoms with E-state index in [-0.39, 0.29) is 16.9 Å². The monoisotopic (exact) mass is 461 g/mol. The van der Waals surface area contributed by atoms with E-state index in [1.54, 1.807) is 24.3 Å². The van der Waals surface area contributed by atoms with Gasteiger partial charge in [-0.15, -0.1) is 11.3 Å². The van der Waals surface area contributed by atoms with E-state index in [0.29, 0.717) is 21.9 Å². The Bertz CT molecular complexity index is 1330. The van der Waals surface area contributed by atoms with Crippen LogP contribution in [0.3, 0.4) is 0 Å². The van der Waals surface area contributed by atoms with Gasteiger partial charge in [0.25, 0.3) is 11.8 Å². The Morgan fingerprint density at radius 1 is 1.12 bits per heavy atom. The normalized spacial score (nSPS) is 13.1. The van der Waals surface area contributed by atoms with Crippen LogP contribution in [0.5, 0.6) is 0 Å². The first-order valence-electron chi connectivity index (χ1n) is 10.2. The molecule has 2 aromatic heterocycles. The van der Waals surface area contributed by atoms with Crippen molar-refractivity contribution in [1.82, 2.24) is 0 Å². The van der Waals surface area contributed by atoms with Gasteiger partial charge in [-0.3, -0.25) is 9.59 Å². The summed E-state index contributed by atoms with van der Waals surface area (Å²) in [4.78, 5) is 36.8. The third kappa shape index (κ3) is 4.56. The van der Waals surface area contributed by atoms with E-state index in [1.807, 2.05) is 6.07 Å². The van der Waals surface area contributed by atoms with Gasteiger partial charge in [-0.05, 0) is 55.5 Å². The number of nitrogens with zero attached hydrogens (tertiary/aromatic N) is 1. The van der Waals surface area contributed by atoms with Gasteiger partial charge in [0, 0.05) is 16.5 Å². The molecule has 1 aliphatic carbocycles. The maximum Gasteiger partial charge on any atom is 0.335 e. The average Bonchev–Trinajstić information content (AvgIpc) is 3.41. The summed E-state index contributed by atoms with van der Waals surface area (Å²) in [7, 11) is 0. The number of aryl methyl sites for hydroxylation is 1. The molecular weight excluding hydrogens is 442 g/mol. The van der Waals surface area contributed by atoms with Gasteiger partial charge >= 0.3 is 5.97 Å². The number of carboxylic acid groups (broad SMARTS) is 1. The summed E-state index contributed by atoms with van der Waals surface area (Å²) < 4.78 is 5.70. The molecule has 0 fully saturated rings. The van der Waals surface area contributed by atoms with Crippen molar-refractivity contribution in [3.63, 3.8) is 0 Å². The zero-order valence-electron chi connectivity index (χ0n) is 17.4. The number of carbonyl (C=O) groups excluding carboxylic acids is 2. The molecule has 33 heavy (non-hydrogen) atoms. The Morgan fingerprint density at radius 2 is 1.85 bits per heavy atom. The number of nitrogens with one attached hydrogen (secondary N) is 1. The number of carboxylic acids is 1. The summed E-state index contributed by atoms with van der Waals surface area (Å²) in [6.07, 6.45) is 4.86. The van der Waals surface area contributed by atoms with Crippen LogP contribution in [0.2, 0.25) is 0 Å². The highest BCUT2D eigenvalue weighted by Crippen LogP contribution is 2.38. The number of hydrogen-bond acceptors (Lipinski definition) is 6. The SMILES string of the molecule is N#C/C(=C\c1ccc(-c2ccc(C(=O)O)cc2)o1)C(=O)Nc1sc2c(c1C(N)=O)CCCC2. The van der Waals surface area contributed by atoms with Crippen molar-refractivity contribution in [3.8, 4) is 17.4 Å². The van der Waals surface area contributed by atoms with Crippen molar-refractivity contribution in [3.05, 3.63) is 69.3 Å². The first-order chi connectivity index (χ1) is 15.9. The van der Waals surface area contributed by atoms with Gasteiger partial charge in [0.05, 0.1) is 11.1 Å². The first-order valence-corrected chi connectivity index (χ1v) is 11.0. The third-order valence-electron chi connectivity index (χ3n) is 5.34. The first kappa shape index (κ1) is 22.0. The lowest BCUT2D eigenvalue weighted by Gasteiger charge is -2.11. The molecule has 0 atom stereocenters. The van der Waals surface area contributed by atoms with E-state index in [1.165, 1.54) is 29.5 Å². The predicted octanol–water partition coefficient (Wildman–Crippen LogP) is 4.23. The molecule has 2 heterocycles. The fraction of sp³-hybridized carbons (Fsp3) is 0.167. The van der Waals surface area contributed by atoms with Crippen molar-refractivity contribution >= 4 is 40.2 Å². The van der Waals surface area contributed by atoms with Crippen LogP contribution in [0, 0.1) is 11.3 Å². The largest absolute Gasteiger partial charge is 0.478 e. The minimum absolute atomic E-state index is 0.152. The van der Waals surface area contributed by atoms with Crippen molar-refractivity contribution in [2.45, 2.75) is 25.7 Å². The van der Waals surface area contributed by atoms with Crippen LogP contribution in [-0.2, 0) is 17.6 Å². The van der Waals surface area contributed by atoms with Crippen molar-refractivity contribution < 1.29 is 23.9 Å². The van der Waals surface area contributed by atoms with Crippen LogP contribution >= 0.6 is 11.3 Å². The average molecular weight is 461 g/mol. The molecule has 3 aromatic rings. The number of hydrogen-bond donors (Lipinski definition) is 3. The minimum atomic E-state index is -1.03. The number of thiophene rings is 1. The van der Waals surface area contributed by atoms with E-state index in [0.717, 1.165) is 36.1 Å². The summed E-state index contributed by atoms with van der Waals surface area (Å²) >= 11 is 1.32. The van der Waals surface area contributed by atoms with Gasteiger partial charge in [-0.1, -0.05) is 12.1 Å². The molecule has 0 unspecified atom stereocenters. The topological polar surface area (TPSA) is 146 Å². The molecule has 0 bridgehead atoms. The molecule has 1 aromatic carbocycles. The summed E-state index contributed by atoms with van der Waals surface area (Å²) in [6, 6.07) is 11.3. The van der Waals surface area contributed by atoms with Crippen LogP contribution in [0.25, 0.3) is 17.4 Å². The number of nitriles is 1. The molecule has 8 nitrogen and oxygen atoms in total. The molecule has 9 heteroatoms. The second kappa shape index (κ2) is 9.14. The fourth-order valence-electron chi connectivity index (χ4n) is 3.74. The van der Waals surface area contributed by atoms with E-state index in [2.05, 4.69) is 5.32 Å². The van der Waals surface area contributed by atoms with Crippen LogP contribution in [0.4, 0.5) is 5.00 Å². The zero-order valence-corrected chi connectivity index (χ0v) is 18.2. The van der Waals surface area contributed by atoms with Gasteiger partial charge in [-0.25, -0.2) is 4.79 Å². The second-order valence-electron chi connectivity index (χ2n) is 7.49. The van der Waals surface area contributed by atoms with Crippen LogP contribution in [0.15, 0.2) is 46.4 Å². The van der Waals surface area contributed by atoms with Crippen molar-refractivity contribution in [2.75, 3.05) is 5.32 Å². The van der Waals surface area contributed by atoms with Gasteiger partial charge < -0.3 is 20.6 Å². The number of rotatable bonds is 6. The number of primary amides is 1. The Labute approximate surface area is 192 Å². The highest BCUT2D eigenvalue weighted by molar-refractivity contribution is 7.17. The fourth-order valence-corrected chi connectivity index (χ4v) is 5.03. The van der Waals surface area contributed by atoms with Crippen LogP contribution < -0.4 is 11.1 Å². The number of benzene rings is 1. The van der Waals surface area contributed by atoms with E-state index in [4.69, 9.17) is 15.3 Å².